The van der Waals surface area contributed by atoms with Crippen LogP contribution in [0.1, 0.15) is 226 Å². The van der Waals surface area contributed by atoms with Crippen LogP contribution < -0.4 is 0 Å². The molecule has 0 saturated heterocycles. The molecular formula is C57H94O6. The topological polar surface area (TPSA) is 78.9 Å². The summed E-state index contributed by atoms with van der Waals surface area (Å²) in [6.45, 7) is 6.32. The van der Waals surface area contributed by atoms with Crippen molar-refractivity contribution in [2.75, 3.05) is 13.2 Å². The Bertz CT molecular complexity index is 1280. The normalized spacial score (nSPS) is 12.9. The molecular weight excluding hydrogens is 781 g/mol. The molecule has 0 spiro atoms. The van der Waals surface area contributed by atoms with Gasteiger partial charge in [0.1, 0.15) is 13.2 Å². The Labute approximate surface area is 387 Å². The van der Waals surface area contributed by atoms with E-state index in [-0.39, 0.29) is 37.5 Å². The molecule has 1 unspecified atom stereocenters. The number of unbranched alkanes of at least 4 members (excludes halogenated alkanes) is 18. The van der Waals surface area contributed by atoms with Gasteiger partial charge in [0.25, 0.3) is 0 Å². The molecule has 6 nitrogen and oxygen atoms in total. The Hall–Kier alpha value is -3.67. The van der Waals surface area contributed by atoms with Crippen molar-refractivity contribution >= 4 is 17.9 Å². The lowest BCUT2D eigenvalue weighted by Crippen LogP contribution is -2.30. The highest BCUT2D eigenvalue weighted by Gasteiger charge is 2.19. The van der Waals surface area contributed by atoms with Crippen molar-refractivity contribution in [1.82, 2.24) is 0 Å². The molecule has 0 aliphatic heterocycles. The van der Waals surface area contributed by atoms with Gasteiger partial charge in [-0.05, 0) is 109 Å². The van der Waals surface area contributed by atoms with Crippen molar-refractivity contribution in [3.05, 3.63) is 97.2 Å². The summed E-state index contributed by atoms with van der Waals surface area (Å²) in [4.78, 5) is 37.9. The first-order valence-electron chi connectivity index (χ1n) is 25.7. The van der Waals surface area contributed by atoms with Gasteiger partial charge < -0.3 is 14.2 Å². The molecule has 0 fully saturated rings. The zero-order valence-electron chi connectivity index (χ0n) is 40.8. The fourth-order valence-electron chi connectivity index (χ4n) is 6.72. The van der Waals surface area contributed by atoms with E-state index in [2.05, 4.69) is 118 Å². The van der Waals surface area contributed by atoms with E-state index in [9.17, 15) is 14.4 Å². The number of esters is 3. The second-order valence-corrected chi connectivity index (χ2v) is 16.7. The lowest BCUT2D eigenvalue weighted by atomic mass is 10.1. The summed E-state index contributed by atoms with van der Waals surface area (Å²) in [5.41, 5.74) is 0. The molecule has 0 aliphatic rings. The molecule has 0 aliphatic carbocycles. The number of hydrogen-bond acceptors (Lipinski definition) is 6. The molecule has 0 N–H and O–H groups in total. The van der Waals surface area contributed by atoms with Crippen molar-refractivity contribution in [2.24, 2.45) is 0 Å². The Morgan fingerprint density at radius 2 is 0.619 bits per heavy atom. The molecule has 0 saturated carbocycles. The molecule has 0 heterocycles. The predicted molar refractivity (Wildman–Crippen MR) is 270 cm³/mol. The smallest absolute Gasteiger partial charge is 0.306 e. The molecule has 0 bridgehead atoms. The van der Waals surface area contributed by atoms with E-state index in [1.807, 2.05) is 0 Å². The van der Waals surface area contributed by atoms with E-state index >= 15 is 0 Å². The molecule has 0 radical (unpaired) electrons. The minimum Gasteiger partial charge on any atom is -0.462 e. The number of hydrogen-bond donors (Lipinski definition) is 0. The average Bonchev–Trinajstić information content (AvgIpc) is 3.28. The van der Waals surface area contributed by atoms with E-state index in [4.69, 9.17) is 14.2 Å². The Morgan fingerprint density at radius 3 is 1.00 bits per heavy atom. The summed E-state index contributed by atoms with van der Waals surface area (Å²) in [6, 6.07) is 0. The minimum absolute atomic E-state index is 0.0980. The quantitative estimate of drug-likeness (QED) is 0.0262. The van der Waals surface area contributed by atoms with Gasteiger partial charge >= 0.3 is 17.9 Å². The van der Waals surface area contributed by atoms with Gasteiger partial charge in [0.2, 0.25) is 0 Å². The van der Waals surface area contributed by atoms with E-state index in [0.717, 1.165) is 128 Å². The summed E-state index contributed by atoms with van der Waals surface area (Å²) in [5.74, 6) is -0.953. The van der Waals surface area contributed by atoms with Crippen molar-refractivity contribution in [3.63, 3.8) is 0 Å². The second kappa shape index (κ2) is 51.0. The van der Waals surface area contributed by atoms with Crippen LogP contribution in [0.4, 0.5) is 0 Å². The number of rotatable bonds is 45. The number of ether oxygens (including phenoxy) is 3. The molecule has 63 heavy (non-hydrogen) atoms. The zero-order chi connectivity index (χ0) is 45.8. The monoisotopic (exact) mass is 875 g/mol. The van der Waals surface area contributed by atoms with Crippen LogP contribution in [-0.4, -0.2) is 37.2 Å². The molecule has 1 atom stereocenters. The summed E-state index contributed by atoms with van der Waals surface area (Å²) in [6.07, 6.45) is 66.8. The molecule has 0 aromatic heterocycles. The minimum atomic E-state index is -0.801. The second-order valence-electron chi connectivity index (χ2n) is 16.7. The summed E-state index contributed by atoms with van der Waals surface area (Å²) in [5, 5.41) is 0. The molecule has 6 heteroatoms. The molecule has 0 rings (SSSR count). The third kappa shape index (κ3) is 49.2. The maximum absolute atomic E-state index is 12.8. The Morgan fingerprint density at radius 1 is 0.333 bits per heavy atom. The van der Waals surface area contributed by atoms with Crippen molar-refractivity contribution < 1.29 is 28.6 Å². The summed E-state index contributed by atoms with van der Waals surface area (Å²) < 4.78 is 16.7. The van der Waals surface area contributed by atoms with E-state index in [1.54, 1.807) is 0 Å². The largest absolute Gasteiger partial charge is 0.462 e. The first-order chi connectivity index (χ1) is 31.0. The zero-order valence-corrected chi connectivity index (χ0v) is 40.8. The number of carbonyl (C=O) groups is 3. The van der Waals surface area contributed by atoms with Crippen LogP contribution in [0.2, 0.25) is 0 Å². The summed E-state index contributed by atoms with van der Waals surface area (Å²) in [7, 11) is 0. The predicted octanol–water partition coefficient (Wildman–Crippen LogP) is 17.0. The molecule has 0 aromatic carbocycles. The van der Waals surface area contributed by atoms with Crippen molar-refractivity contribution in [3.8, 4) is 0 Å². The summed E-state index contributed by atoms with van der Waals surface area (Å²) >= 11 is 0. The van der Waals surface area contributed by atoms with Crippen LogP contribution >= 0.6 is 0 Å². The highest BCUT2D eigenvalue weighted by Crippen LogP contribution is 2.14. The lowest BCUT2D eigenvalue weighted by Gasteiger charge is -2.18. The lowest BCUT2D eigenvalue weighted by molar-refractivity contribution is -0.167. The maximum Gasteiger partial charge on any atom is 0.306 e. The van der Waals surface area contributed by atoms with Gasteiger partial charge in [-0.2, -0.15) is 0 Å². The van der Waals surface area contributed by atoms with E-state index in [0.29, 0.717) is 12.8 Å². The highest BCUT2D eigenvalue weighted by molar-refractivity contribution is 5.71. The van der Waals surface area contributed by atoms with Gasteiger partial charge in [-0.25, -0.2) is 0 Å². The third-order valence-electron chi connectivity index (χ3n) is 10.6. The maximum atomic E-state index is 12.8. The fraction of sp³-hybridized carbons (Fsp3) is 0.667. The van der Waals surface area contributed by atoms with E-state index < -0.39 is 6.10 Å². The first kappa shape index (κ1) is 59.3. The van der Waals surface area contributed by atoms with Crippen LogP contribution in [0.5, 0.6) is 0 Å². The third-order valence-corrected chi connectivity index (χ3v) is 10.6. The fourth-order valence-corrected chi connectivity index (χ4v) is 6.72. The van der Waals surface area contributed by atoms with Crippen molar-refractivity contribution in [2.45, 2.75) is 232 Å². The average molecular weight is 875 g/mol. The van der Waals surface area contributed by atoms with Crippen LogP contribution in [0.15, 0.2) is 97.2 Å². The van der Waals surface area contributed by atoms with Gasteiger partial charge in [0, 0.05) is 19.3 Å². The van der Waals surface area contributed by atoms with Gasteiger partial charge in [0.15, 0.2) is 6.10 Å². The SMILES string of the molecule is CC/C=C\C/C=C\C/C=C\C/C=C\CCCCCC(=O)OC(COC(=O)CCCCCC/C=C\CCCC)COC(=O)CCCCCCCCCCC/C=C\C/C=C\C/C=C\CC. The molecule has 0 amide bonds. The van der Waals surface area contributed by atoms with Crippen molar-refractivity contribution in [1.29, 1.82) is 0 Å². The first-order valence-corrected chi connectivity index (χ1v) is 25.7. The Kier molecular flexibility index (Phi) is 48.0. The van der Waals surface area contributed by atoms with Crippen LogP contribution in [-0.2, 0) is 28.6 Å². The number of allylic oxidation sites excluding steroid dienone is 16. The van der Waals surface area contributed by atoms with E-state index in [1.165, 1.54) is 57.8 Å². The molecule has 0 aromatic rings. The van der Waals surface area contributed by atoms with Crippen LogP contribution in [0.25, 0.3) is 0 Å². The van der Waals surface area contributed by atoms with Gasteiger partial charge in [-0.1, -0.05) is 195 Å². The molecule has 358 valence electrons. The number of carbonyl (C=O) groups excluding carboxylic acids is 3. The van der Waals surface area contributed by atoms with Gasteiger partial charge in [-0.3, -0.25) is 14.4 Å². The Balaban J connectivity index is 4.41. The van der Waals surface area contributed by atoms with Gasteiger partial charge in [-0.15, -0.1) is 0 Å². The standard InChI is InChI=1S/C57H94O6/c1-4-7-10-13-16-19-22-24-26-28-29-30-32-33-35-38-41-44-47-50-56(59)62-53-54(52-61-55(58)49-46-43-40-37-21-18-15-12-9-6-3)63-57(60)51-48-45-42-39-36-34-31-27-25-23-20-17-14-11-8-5-2/h7-8,10-11,15-20,24-27,34,36,54H,4-6,9,12-14,21-23,28-33,35,37-53H2,1-3H3/b10-7-,11-8-,18-15-,19-16-,20-17-,26-24-,27-25-,36-34-. The highest BCUT2D eigenvalue weighted by atomic mass is 16.6. The van der Waals surface area contributed by atoms with Gasteiger partial charge in [0.05, 0.1) is 0 Å². The van der Waals surface area contributed by atoms with Crippen LogP contribution in [0, 0.1) is 0 Å². The van der Waals surface area contributed by atoms with Crippen LogP contribution in [0.3, 0.4) is 0 Å².